The number of hydrogen-bond donors (Lipinski definition) is 1. The molecule has 0 bridgehead atoms. The van der Waals surface area contributed by atoms with Gasteiger partial charge in [0.2, 0.25) is 5.91 Å². The van der Waals surface area contributed by atoms with E-state index in [4.69, 9.17) is 0 Å². The van der Waals surface area contributed by atoms with E-state index in [9.17, 15) is 4.79 Å². The van der Waals surface area contributed by atoms with Crippen molar-refractivity contribution < 1.29 is 4.79 Å². The minimum atomic E-state index is -0.133. The first-order chi connectivity index (χ1) is 3.89. The zero-order valence-corrected chi connectivity index (χ0v) is 4.99. The lowest BCUT2D eigenvalue weighted by Gasteiger charge is -1.88. The molecule has 0 aromatic heterocycles. The van der Waals surface area contributed by atoms with Crippen LogP contribution < -0.4 is 5.32 Å². The molecule has 0 aromatic carbocycles. The second-order valence-corrected chi connectivity index (χ2v) is 2.16. The fourth-order valence-corrected chi connectivity index (χ4v) is 0.839. The van der Waals surface area contributed by atoms with E-state index in [0.717, 1.165) is 0 Å². The summed E-state index contributed by atoms with van der Waals surface area (Å²) in [5.74, 6) is 0.522. The largest absolute Gasteiger partial charge is 0.332 e. The Morgan fingerprint density at radius 2 is 2.75 bits per heavy atom. The Kier molecular flexibility index (Phi) is 1.97. The van der Waals surface area contributed by atoms with Crippen molar-refractivity contribution in [1.82, 2.24) is 5.32 Å². The molecule has 42 valence electrons. The highest BCUT2D eigenvalue weighted by Gasteiger charge is 2.00. The second kappa shape index (κ2) is 2.77. The summed E-state index contributed by atoms with van der Waals surface area (Å²) in [6.45, 7) is 0. The molecule has 2 radical (unpaired) electrons. The van der Waals surface area contributed by atoms with Crippen molar-refractivity contribution in [2.75, 3.05) is 5.75 Å². The Morgan fingerprint density at radius 1 is 1.88 bits per heavy atom. The highest BCUT2D eigenvalue weighted by Crippen LogP contribution is 2.04. The van der Waals surface area contributed by atoms with Gasteiger partial charge >= 0.3 is 0 Å². The first-order valence-corrected chi connectivity index (χ1v) is 3.25. The van der Waals surface area contributed by atoms with Gasteiger partial charge in [0.05, 0.1) is 6.42 Å². The van der Waals surface area contributed by atoms with Crippen LogP contribution in [-0.2, 0) is 4.79 Å². The molecular weight excluding hydrogens is 122 g/mol. The molecule has 0 fully saturated rings. The second-order valence-electron chi connectivity index (χ2n) is 1.26. The molecule has 1 aliphatic rings. The lowest BCUT2D eigenvalue weighted by Crippen LogP contribution is -2.15. The fraction of sp³-hybridized carbons (Fsp3) is 0.200. The third-order valence-corrected chi connectivity index (χ3v) is 1.33. The van der Waals surface area contributed by atoms with Crippen LogP contribution in [0.25, 0.3) is 0 Å². The van der Waals surface area contributed by atoms with E-state index in [1.807, 2.05) is 5.41 Å². The minimum absolute atomic E-state index is 0.133. The molecule has 1 heterocycles. The molecule has 0 aliphatic carbocycles. The van der Waals surface area contributed by atoms with Gasteiger partial charge in [0, 0.05) is 12.0 Å². The number of thioether (sulfide) groups is 1. The normalized spacial score (nSPS) is 19.8. The molecular formula is C5H5NOS. The first-order valence-electron chi connectivity index (χ1n) is 2.20. The summed E-state index contributed by atoms with van der Waals surface area (Å²) in [4.78, 5) is 10.4. The average Bonchev–Trinajstić information content (AvgIpc) is 1.94. The minimum Gasteiger partial charge on any atom is -0.332 e. The molecule has 0 spiro atoms. The quantitative estimate of drug-likeness (QED) is 0.510. The molecule has 1 rings (SSSR count). The van der Waals surface area contributed by atoms with E-state index in [-0.39, 0.29) is 5.91 Å². The zero-order chi connectivity index (χ0) is 5.82. The van der Waals surface area contributed by atoms with Gasteiger partial charge in [-0.1, -0.05) is 0 Å². The predicted octanol–water partition coefficient (Wildman–Crippen LogP) is 0.402. The van der Waals surface area contributed by atoms with Gasteiger partial charge in [-0.05, 0) is 5.41 Å². The fourth-order valence-electron chi connectivity index (χ4n) is 0.364. The van der Waals surface area contributed by atoms with Crippen LogP contribution in [0.3, 0.4) is 0 Å². The highest BCUT2D eigenvalue weighted by atomic mass is 32.2. The summed E-state index contributed by atoms with van der Waals surface area (Å²) >= 11 is 1.54. The van der Waals surface area contributed by atoms with Gasteiger partial charge in [0.1, 0.15) is 0 Å². The SMILES string of the molecule is O=C1[C]CSC=CN1. The van der Waals surface area contributed by atoms with Crippen molar-refractivity contribution >= 4 is 17.7 Å². The maximum absolute atomic E-state index is 10.4. The topological polar surface area (TPSA) is 29.1 Å². The molecule has 8 heavy (non-hydrogen) atoms. The van der Waals surface area contributed by atoms with E-state index < -0.39 is 0 Å². The van der Waals surface area contributed by atoms with Gasteiger partial charge in [0.25, 0.3) is 0 Å². The molecule has 0 atom stereocenters. The van der Waals surface area contributed by atoms with Crippen molar-refractivity contribution in [3.63, 3.8) is 0 Å². The maximum Gasteiger partial charge on any atom is 0.233 e. The molecule has 1 aliphatic heterocycles. The summed E-state index contributed by atoms with van der Waals surface area (Å²) in [5, 5.41) is 4.32. The smallest absolute Gasteiger partial charge is 0.233 e. The van der Waals surface area contributed by atoms with Crippen molar-refractivity contribution in [2.24, 2.45) is 0 Å². The van der Waals surface area contributed by atoms with Crippen LogP contribution in [-0.4, -0.2) is 11.7 Å². The van der Waals surface area contributed by atoms with E-state index in [0.29, 0.717) is 5.75 Å². The first kappa shape index (κ1) is 5.69. The summed E-state index contributed by atoms with van der Waals surface area (Å²) in [6.07, 6.45) is 4.21. The molecule has 2 nitrogen and oxygen atoms in total. The summed E-state index contributed by atoms with van der Waals surface area (Å²) in [7, 11) is 0. The van der Waals surface area contributed by atoms with E-state index >= 15 is 0 Å². The van der Waals surface area contributed by atoms with Crippen LogP contribution in [0, 0.1) is 6.42 Å². The molecule has 3 heteroatoms. The van der Waals surface area contributed by atoms with Crippen LogP contribution in [0.2, 0.25) is 0 Å². The molecule has 1 amide bonds. The van der Waals surface area contributed by atoms with Crippen molar-refractivity contribution in [3.8, 4) is 0 Å². The van der Waals surface area contributed by atoms with Gasteiger partial charge in [-0.2, -0.15) is 0 Å². The number of amides is 1. The third-order valence-electron chi connectivity index (χ3n) is 0.695. The number of nitrogens with one attached hydrogen (secondary N) is 1. The predicted molar refractivity (Wildman–Crippen MR) is 33.0 cm³/mol. The van der Waals surface area contributed by atoms with Crippen LogP contribution in [0.1, 0.15) is 0 Å². The standard InChI is InChI=1S/C5H5NOS/c7-5-1-3-8-4-2-6-5/h2,4H,3H2,(H,6,7). The number of rotatable bonds is 0. The van der Waals surface area contributed by atoms with Crippen molar-refractivity contribution in [2.45, 2.75) is 0 Å². The van der Waals surface area contributed by atoms with Crippen molar-refractivity contribution in [3.05, 3.63) is 18.0 Å². The number of carbonyl (C=O) groups is 1. The Labute approximate surface area is 52.3 Å². The third kappa shape index (κ3) is 1.58. The highest BCUT2D eigenvalue weighted by molar-refractivity contribution is 8.02. The van der Waals surface area contributed by atoms with Crippen LogP contribution in [0.15, 0.2) is 11.6 Å². The van der Waals surface area contributed by atoms with Crippen molar-refractivity contribution in [1.29, 1.82) is 0 Å². The van der Waals surface area contributed by atoms with Gasteiger partial charge in [0.15, 0.2) is 0 Å². The lowest BCUT2D eigenvalue weighted by molar-refractivity contribution is -0.116. The molecule has 1 N–H and O–H groups in total. The molecule has 0 saturated heterocycles. The average molecular weight is 127 g/mol. The maximum atomic E-state index is 10.4. The monoisotopic (exact) mass is 127 g/mol. The molecule has 0 saturated carbocycles. The summed E-state index contributed by atoms with van der Waals surface area (Å²) in [6, 6.07) is 0. The van der Waals surface area contributed by atoms with E-state index in [1.54, 1.807) is 18.0 Å². The van der Waals surface area contributed by atoms with E-state index in [2.05, 4.69) is 11.7 Å². The Bertz CT molecular complexity index is 122. The molecule has 0 unspecified atom stereocenters. The van der Waals surface area contributed by atoms with Gasteiger partial charge in [-0.15, -0.1) is 11.8 Å². The Balaban J connectivity index is 2.41. The Morgan fingerprint density at radius 3 is 3.62 bits per heavy atom. The number of carbonyl (C=O) groups excluding carboxylic acids is 1. The molecule has 0 aromatic rings. The number of hydrogen-bond acceptors (Lipinski definition) is 2. The van der Waals surface area contributed by atoms with Crippen LogP contribution >= 0.6 is 11.8 Å². The van der Waals surface area contributed by atoms with E-state index in [1.165, 1.54) is 0 Å². The lowest BCUT2D eigenvalue weighted by atomic mass is 10.5. The van der Waals surface area contributed by atoms with Gasteiger partial charge in [-0.3, -0.25) is 4.79 Å². The van der Waals surface area contributed by atoms with Crippen LogP contribution in [0.4, 0.5) is 0 Å². The van der Waals surface area contributed by atoms with Gasteiger partial charge < -0.3 is 5.32 Å². The van der Waals surface area contributed by atoms with Gasteiger partial charge in [-0.25, -0.2) is 0 Å². The Hall–Kier alpha value is -0.440. The zero-order valence-electron chi connectivity index (χ0n) is 4.18. The summed E-state index contributed by atoms with van der Waals surface area (Å²) < 4.78 is 0. The van der Waals surface area contributed by atoms with Crippen LogP contribution in [0.5, 0.6) is 0 Å². The summed E-state index contributed by atoms with van der Waals surface area (Å²) in [5.41, 5.74) is 0.